The van der Waals surface area contributed by atoms with Crippen LogP contribution in [0.2, 0.25) is 0 Å². The van der Waals surface area contributed by atoms with Crippen LogP contribution in [0.25, 0.3) is 0 Å². The van der Waals surface area contributed by atoms with Crippen LogP contribution in [0.15, 0.2) is 10.4 Å². The molecule has 0 aliphatic carbocycles. The smallest absolute Gasteiger partial charge is 0.327 e. The number of hydrogen-bond donors (Lipinski definition) is 1. The van der Waals surface area contributed by atoms with Crippen molar-refractivity contribution in [2.24, 2.45) is 10.4 Å². The Morgan fingerprint density at radius 1 is 1.71 bits per heavy atom. The summed E-state index contributed by atoms with van der Waals surface area (Å²) in [7, 11) is 0. The molecule has 0 saturated heterocycles. The Morgan fingerprint density at radius 3 is 2.43 bits per heavy atom. The Balaban J connectivity index is 2.10. The summed E-state index contributed by atoms with van der Waals surface area (Å²) in [4.78, 5) is 9.69. The fraction of sp³-hybridized carbons (Fsp3) is 0.500. The first-order chi connectivity index (χ1) is 3.29. The van der Waals surface area contributed by atoms with E-state index in [2.05, 4.69) is 10.4 Å². The summed E-state index contributed by atoms with van der Waals surface area (Å²) in [5, 5.41) is 15.5. The monoisotopic (exact) mass is 101 g/mol. The molecule has 0 spiro atoms. The Morgan fingerprint density at radius 2 is 2.29 bits per heavy atom. The molecule has 0 aromatic heterocycles. The van der Waals surface area contributed by atoms with Gasteiger partial charge < -0.3 is 5.11 Å². The lowest BCUT2D eigenvalue weighted by Crippen LogP contribution is -2.10. The third-order valence-electron chi connectivity index (χ3n) is 0.493. The first kappa shape index (κ1) is 4.04. The first-order valence-corrected chi connectivity index (χ1v) is 1.70. The number of carbonyl (C=O) groups is 1. The van der Waals surface area contributed by atoms with Gasteiger partial charge in [-0.3, -0.25) is 4.79 Å². The van der Waals surface area contributed by atoms with Crippen molar-refractivity contribution in [3.05, 3.63) is 0 Å². The van der Waals surface area contributed by atoms with Gasteiger partial charge in [0.15, 0.2) is 6.54 Å². The van der Waals surface area contributed by atoms with E-state index in [0.717, 1.165) is 5.12 Å². The fourth-order valence-corrected chi connectivity index (χ4v) is 0.213. The summed E-state index contributed by atoms with van der Waals surface area (Å²) < 4.78 is 0. The average molecular weight is 101 g/mol. The first-order valence-electron chi connectivity index (χ1n) is 1.70. The molecule has 1 N–H and O–H groups in total. The number of aliphatic carboxylic acids is 1. The molecule has 1 rings (SSSR count). The molecule has 0 unspecified atom stereocenters. The molecule has 1 aliphatic rings. The molecular formula is C2H3N3O2. The summed E-state index contributed by atoms with van der Waals surface area (Å²) in [6.45, 7) is -0.111. The third-order valence-corrected chi connectivity index (χ3v) is 0.493. The van der Waals surface area contributed by atoms with Gasteiger partial charge in [0.2, 0.25) is 0 Å². The van der Waals surface area contributed by atoms with E-state index in [9.17, 15) is 4.79 Å². The van der Waals surface area contributed by atoms with Crippen LogP contribution in [0.4, 0.5) is 0 Å². The number of nitrogens with zero attached hydrogens (tertiary/aromatic N) is 3. The van der Waals surface area contributed by atoms with Crippen molar-refractivity contribution in [1.82, 2.24) is 5.12 Å². The molecule has 0 radical (unpaired) electrons. The largest absolute Gasteiger partial charge is 0.480 e. The van der Waals surface area contributed by atoms with Crippen molar-refractivity contribution in [2.45, 2.75) is 0 Å². The molecule has 7 heavy (non-hydrogen) atoms. The minimum absolute atomic E-state index is 0.111. The Hall–Kier alpha value is -1.13. The van der Waals surface area contributed by atoms with Gasteiger partial charge in [0.25, 0.3) is 0 Å². The van der Waals surface area contributed by atoms with E-state index in [1.165, 1.54) is 0 Å². The molecule has 0 amide bonds. The highest BCUT2D eigenvalue weighted by molar-refractivity contribution is 5.69. The van der Waals surface area contributed by atoms with Gasteiger partial charge in [-0.1, -0.05) is 0 Å². The van der Waals surface area contributed by atoms with Crippen molar-refractivity contribution in [3.8, 4) is 0 Å². The molecule has 1 heterocycles. The minimum Gasteiger partial charge on any atom is -0.480 e. The second-order valence-electron chi connectivity index (χ2n) is 1.10. The van der Waals surface area contributed by atoms with Crippen LogP contribution < -0.4 is 0 Å². The number of hydrogen-bond acceptors (Lipinski definition) is 4. The van der Waals surface area contributed by atoms with Crippen LogP contribution in [0.5, 0.6) is 0 Å². The highest BCUT2D eigenvalue weighted by atomic mass is 16.4. The van der Waals surface area contributed by atoms with Gasteiger partial charge in [-0.2, -0.15) is 0 Å². The lowest BCUT2D eigenvalue weighted by molar-refractivity contribution is -0.137. The minimum atomic E-state index is -0.912. The topological polar surface area (TPSA) is 65.0 Å². The van der Waals surface area contributed by atoms with Gasteiger partial charge in [0.1, 0.15) is 0 Å². The van der Waals surface area contributed by atoms with Gasteiger partial charge >= 0.3 is 5.97 Å². The fourth-order valence-electron chi connectivity index (χ4n) is 0.213. The van der Waals surface area contributed by atoms with Crippen molar-refractivity contribution >= 4 is 5.97 Å². The van der Waals surface area contributed by atoms with E-state index < -0.39 is 5.97 Å². The second kappa shape index (κ2) is 1.18. The maximum absolute atomic E-state index is 9.69. The van der Waals surface area contributed by atoms with Crippen LogP contribution in [-0.2, 0) is 4.79 Å². The lowest BCUT2D eigenvalue weighted by Gasteiger charge is -1.84. The summed E-state index contributed by atoms with van der Waals surface area (Å²) in [5.41, 5.74) is 0. The molecule has 0 fully saturated rings. The van der Waals surface area contributed by atoms with Gasteiger partial charge in [-0.15, -0.1) is 5.12 Å². The summed E-state index contributed by atoms with van der Waals surface area (Å²) in [6, 6.07) is 0. The van der Waals surface area contributed by atoms with E-state index in [1.54, 1.807) is 0 Å². The standard InChI is InChI=1S/C2H3N3O2/c6-2(7)1-5-3-4-5/h1H2,(H,6,7). The van der Waals surface area contributed by atoms with Crippen LogP contribution >= 0.6 is 0 Å². The maximum Gasteiger partial charge on any atom is 0.327 e. The quantitative estimate of drug-likeness (QED) is 0.517. The normalized spacial score (nSPS) is 14.6. The third kappa shape index (κ3) is 1.16. The van der Waals surface area contributed by atoms with Crippen molar-refractivity contribution in [1.29, 1.82) is 0 Å². The van der Waals surface area contributed by atoms with E-state index in [4.69, 9.17) is 5.11 Å². The zero-order valence-corrected chi connectivity index (χ0v) is 3.40. The molecule has 1 aliphatic heterocycles. The van der Waals surface area contributed by atoms with E-state index >= 15 is 0 Å². The molecule has 0 saturated carbocycles. The highest BCUT2D eigenvalue weighted by Crippen LogP contribution is 2.04. The molecular weight excluding hydrogens is 98.0 g/mol. The summed E-state index contributed by atoms with van der Waals surface area (Å²) >= 11 is 0. The van der Waals surface area contributed by atoms with Gasteiger partial charge in [-0.05, 0) is 10.4 Å². The average Bonchev–Trinajstić information content (AvgIpc) is 2.17. The van der Waals surface area contributed by atoms with Crippen molar-refractivity contribution in [2.75, 3.05) is 6.54 Å². The summed E-state index contributed by atoms with van der Waals surface area (Å²) in [5.74, 6) is -0.912. The van der Waals surface area contributed by atoms with Crippen molar-refractivity contribution < 1.29 is 9.90 Å². The lowest BCUT2D eigenvalue weighted by atomic mass is 10.7. The molecule has 0 atom stereocenters. The SMILES string of the molecule is O=C(O)CN1N=N1. The summed E-state index contributed by atoms with van der Waals surface area (Å²) in [6.07, 6.45) is 0. The maximum atomic E-state index is 9.69. The van der Waals surface area contributed by atoms with Gasteiger partial charge in [-0.25, -0.2) is 0 Å². The Kier molecular flexibility index (Phi) is 0.680. The van der Waals surface area contributed by atoms with E-state index in [-0.39, 0.29) is 6.54 Å². The zero-order valence-electron chi connectivity index (χ0n) is 3.40. The van der Waals surface area contributed by atoms with Crippen LogP contribution in [-0.4, -0.2) is 22.7 Å². The predicted octanol–water partition coefficient (Wildman–Crippen LogP) is -0.331. The van der Waals surface area contributed by atoms with Crippen LogP contribution in [0, 0.1) is 0 Å². The van der Waals surface area contributed by atoms with Crippen molar-refractivity contribution in [3.63, 3.8) is 0 Å². The van der Waals surface area contributed by atoms with E-state index in [0.29, 0.717) is 0 Å². The molecule has 0 aromatic carbocycles. The van der Waals surface area contributed by atoms with Crippen LogP contribution in [0.1, 0.15) is 0 Å². The Bertz CT molecular complexity index is 114. The van der Waals surface area contributed by atoms with E-state index in [1.807, 2.05) is 0 Å². The zero-order chi connectivity index (χ0) is 5.28. The van der Waals surface area contributed by atoms with Crippen LogP contribution in [0.3, 0.4) is 0 Å². The number of carboxylic acids is 1. The molecule has 5 nitrogen and oxygen atoms in total. The number of carboxylic acid groups (broad SMARTS) is 1. The van der Waals surface area contributed by atoms with Gasteiger partial charge in [0.05, 0.1) is 0 Å². The predicted molar refractivity (Wildman–Crippen MR) is 19.2 cm³/mol. The molecule has 5 heteroatoms. The highest BCUT2D eigenvalue weighted by Gasteiger charge is 2.13. The number of rotatable bonds is 2. The Labute approximate surface area is 39.2 Å². The molecule has 38 valence electrons. The molecule has 0 aromatic rings. The second-order valence-corrected chi connectivity index (χ2v) is 1.10. The molecule has 0 bridgehead atoms. The van der Waals surface area contributed by atoms with Gasteiger partial charge in [0, 0.05) is 0 Å².